The summed E-state index contributed by atoms with van der Waals surface area (Å²) in [7, 11) is 0. The fourth-order valence-corrected chi connectivity index (χ4v) is 4.59. The minimum absolute atomic E-state index is 0.259. The Balaban J connectivity index is 1.33. The van der Waals surface area contributed by atoms with E-state index in [0.29, 0.717) is 18.8 Å². The first kappa shape index (κ1) is 22.8. The van der Waals surface area contributed by atoms with Crippen LogP contribution in [0.1, 0.15) is 35.7 Å². The topological polar surface area (TPSA) is 76.4 Å². The fourth-order valence-electron chi connectivity index (χ4n) is 4.59. The Morgan fingerprint density at radius 2 is 1.94 bits per heavy atom. The van der Waals surface area contributed by atoms with E-state index >= 15 is 0 Å². The minimum Gasteiger partial charge on any atom is -0.493 e. The summed E-state index contributed by atoms with van der Waals surface area (Å²) in [5.74, 6) is -0.908. The molecule has 1 unspecified atom stereocenters. The summed E-state index contributed by atoms with van der Waals surface area (Å²) in [6.45, 7) is 1.41. The van der Waals surface area contributed by atoms with Gasteiger partial charge in [0.2, 0.25) is 0 Å². The van der Waals surface area contributed by atoms with E-state index in [4.69, 9.17) is 4.74 Å². The van der Waals surface area contributed by atoms with Gasteiger partial charge in [-0.05, 0) is 66.4 Å². The number of carbonyl (C=O) groups is 1. The highest BCUT2D eigenvalue weighted by atomic mass is 19.1. The zero-order chi connectivity index (χ0) is 24.4. The number of hydrogen-bond donors (Lipinski definition) is 2. The number of nitrogens with zero attached hydrogens (tertiary/aromatic N) is 2. The van der Waals surface area contributed by atoms with Crippen molar-refractivity contribution in [2.45, 2.75) is 31.7 Å². The second-order valence-electron chi connectivity index (χ2n) is 8.70. The van der Waals surface area contributed by atoms with Crippen molar-refractivity contribution < 1.29 is 23.4 Å². The van der Waals surface area contributed by atoms with E-state index in [9.17, 15) is 18.7 Å². The first-order chi connectivity index (χ1) is 17.0. The highest BCUT2D eigenvalue weighted by molar-refractivity contribution is 5.82. The Kier molecular flexibility index (Phi) is 6.35. The van der Waals surface area contributed by atoms with Gasteiger partial charge in [0.1, 0.15) is 23.2 Å². The number of halogens is 2. The molecule has 5 rings (SSSR count). The lowest BCUT2D eigenvalue weighted by Crippen LogP contribution is -2.15. The molecule has 0 radical (unpaired) electrons. The van der Waals surface area contributed by atoms with Crippen LogP contribution in [0.25, 0.3) is 10.9 Å². The molecule has 180 valence electrons. The van der Waals surface area contributed by atoms with Crippen LogP contribution in [0.15, 0.2) is 60.8 Å². The molecule has 3 heterocycles. The number of rotatable bonds is 8. The second-order valence-corrected chi connectivity index (χ2v) is 8.70. The summed E-state index contributed by atoms with van der Waals surface area (Å²) in [5.41, 5.74) is 3.22. The Morgan fingerprint density at radius 3 is 2.74 bits per heavy atom. The predicted molar refractivity (Wildman–Crippen MR) is 129 cm³/mol. The van der Waals surface area contributed by atoms with Crippen molar-refractivity contribution in [3.05, 3.63) is 89.2 Å². The average molecular weight is 478 g/mol. The van der Waals surface area contributed by atoms with Crippen LogP contribution >= 0.6 is 0 Å². The van der Waals surface area contributed by atoms with Gasteiger partial charge in [0.15, 0.2) is 0 Å². The lowest BCUT2D eigenvalue weighted by Gasteiger charge is -2.19. The molecule has 0 amide bonds. The predicted octanol–water partition coefficient (Wildman–Crippen LogP) is 5.36. The molecule has 0 spiro atoms. The molecule has 0 saturated heterocycles. The van der Waals surface area contributed by atoms with Crippen molar-refractivity contribution in [2.24, 2.45) is 0 Å². The molecule has 6 nitrogen and oxygen atoms in total. The Bertz CT molecular complexity index is 1370. The first-order valence-corrected chi connectivity index (χ1v) is 11.6. The Morgan fingerprint density at radius 1 is 1.11 bits per heavy atom. The van der Waals surface area contributed by atoms with Crippen LogP contribution in [0.2, 0.25) is 0 Å². The van der Waals surface area contributed by atoms with Gasteiger partial charge in [0.25, 0.3) is 0 Å². The summed E-state index contributed by atoms with van der Waals surface area (Å²) in [6, 6.07) is 13.9. The average Bonchev–Trinajstić information content (AvgIpc) is 3.25. The number of pyridine rings is 1. The van der Waals surface area contributed by atoms with E-state index in [1.54, 1.807) is 10.8 Å². The van der Waals surface area contributed by atoms with Gasteiger partial charge in [-0.2, -0.15) is 0 Å². The number of nitrogens with one attached hydrogen (secondary N) is 1. The van der Waals surface area contributed by atoms with Crippen molar-refractivity contribution in [2.75, 3.05) is 18.5 Å². The van der Waals surface area contributed by atoms with Crippen LogP contribution in [0.3, 0.4) is 0 Å². The van der Waals surface area contributed by atoms with Gasteiger partial charge >= 0.3 is 5.97 Å². The van der Waals surface area contributed by atoms with E-state index < -0.39 is 23.6 Å². The number of benzene rings is 2. The van der Waals surface area contributed by atoms with Crippen molar-refractivity contribution in [3.63, 3.8) is 0 Å². The quantitative estimate of drug-likeness (QED) is 0.357. The maximum Gasteiger partial charge on any atom is 0.305 e. The standard InChI is InChI=1S/C27H25F2N3O3/c28-20-12-19(13-21(29)15-20)25(16-26(33)34)32-10-7-18-14-23(5-6-24(18)32)35-11-8-22-4-3-17-2-1-9-30-27(17)31-22/h3-7,10,12-15,25H,1-2,8-9,11,16H2,(H,30,31)(H,33,34). The summed E-state index contributed by atoms with van der Waals surface area (Å²) in [4.78, 5) is 16.2. The molecule has 35 heavy (non-hydrogen) atoms. The number of aromatic nitrogens is 2. The van der Waals surface area contributed by atoms with E-state index in [0.717, 1.165) is 47.9 Å². The highest BCUT2D eigenvalue weighted by Crippen LogP contribution is 2.31. The summed E-state index contributed by atoms with van der Waals surface area (Å²) in [5, 5.41) is 13.6. The van der Waals surface area contributed by atoms with E-state index in [1.807, 2.05) is 30.3 Å². The molecule has 4 aromatic rings. The number of carboxylic acids is 1. The lowest BCUT2D eigenvalue weighted by molar-refractivity contribution is -0.137. The molecule has 0 fully saturated rings. The zero-order valence-corrected chi connectivity index (χ0v) is 19.0. The monoisotopic (exact) mass is 477 g/mol. The Labute approximate surface area is 201 Å². The maximum atomic E-state index is 13.8. The van der Waals surface area contributed by atoms with Gasteiger partial charge in [0.05, 0.1) is 19.1 Å². The minimum atomic E-state index is -1.06. The van der Waals surface area contributed by atoms with Crippen molar-refractivity contribution in [1.29, 1.82) is 0 Å². The molecule has 2 aromatic carbocycles. The summed E-state index contributed by atoms with van der Waals surface area (Å²) >= 11 is 0. The van der Waals surface area contributed by atoms with Crippen LogP contribution in [0.4, 0.5) is 14.6 Å². The largest absolute Gasteiger partial charge is 0.493 e. The Hall–Kier alpha value is -3.94. The van der Waals surface area contributed by atoms with Gasteiger partial charge < -0.3 is 19.7 Å². The summed E-state index contributed by atoms with van der Waals surface area (Å²) in [6.07, 6.45) is 4.26. The summed E-state index contributed by atoms with van der Waals surface area (Å²) < 4.78 is 35.4. The van der Waals surface area contributed by atoms with E-state index in [-0.39, 0.29) is 12.0 Å². The molecular weight excluding hydrogens is 452 g/mol. The fraction of sp³-hybridized carbons (Fsp3) is 0.259. The van der Waals surface area contributed by atoms with E-state index in [2.05, 4.69) is 16.4 Å². The molecule has 8 heteroatoms. The highest BCUT2D eigenvalue weighted by Gasteiger charge is 2.21. The number of ether oxygens (including phenoxy) is 1. The zero-order valence-electron chi connectivity index (χ0n) is 19.0. The third kappa shape index (κ3) is 5.11. The van der Waals surface area contributed by atoms with Crippen molar-refractivity contribution in [1.82, 2.24) is 9.55 Å². The molecule has 1 aliphatic heterocycles. The number of hydrogen-bond acceptors (Lipinski definition) is 4. The molecular formula is C27H25F2N3O3. The SMILES string of the molecule is O=C(O)CC(c1cc(F)cc(F)c1)n1ccc2cc(OCCc3ccc4c(n3)NCCC4)ccc21. The molecule has 0 aliphatic carbocycles. The third-order valence-corrected chi connectivity index (χ3v) is 6.24. The number of carboxylic acid groups (broad SMARTS) is 1. The van der Waals surface area contributed by atoms with Gasteiger partial charge in [-0.1, -0.05) is 6.07 Å². The maximum absolute atomic E-state index is 13.8. The second kappa shape index (κ2) is 9.74. The molecule has 1 aliphatic rings. The number of aryl methyl sites for hydroxylation is 1. The van der Waals surface area contributed by atoms with Crippen LogP contribution in [0.5, 0.6) is 5.75 Å². The molecule has 0 saturated carbocycles. The van der Waals surface area contributed by atoms with Gasteiger partial charge in [-0.25, -0.2) is 13.8 Å². The smallest absolute Gasteiger partial charge is 0.305 e. The molecule has 0 bridgehead atoms. The number of fused-ring (bicyclic) bond motifs is 2. The molecule has 1 atom stereocenters. The van der Waals surface area contributed by atoms with Crippen LogP contribution in [0, 0.1) is 11.6 Å². The molecule has 2 N–H and O–H groups in total. The normalized spacial score (nSPS) is 13.8. The van der Waals surface area contributed by atoms with E-state index in [1.165, 1.54) is 17.7 Å². The molecule has 2 aromatic heterocycles. The van der Waals surface area contributed by atoms with Crippen LogP contribution in [-0.4, -0.2) is 33.8 Å². The van der Waals surface area contributed by atoms with Crippen molar-refractivity contribution in [3.8, 4) is 5.75 Å². The lowest BCUT2D eigenvalue weighted by atomic mass is 10.0. The van der Waals surface area contributed by atoms with Crippen molar-refractivity contribution >= 4 is 22.7 Å². The van der Waals surface area contributed by atoms with Gasteiger partial charge in [-0.3, -0.25) is 4.79 Å². The first-order valence-electron chi connectivity index (χ1n) is 11.6. The third-order valence-electron chi connectivity index (χ3n) is 6.24. The van der Waals surface area contributed by atoms with Gasteiger partial charge in [0, 0.05) is 41.8 Å². The van der Waals surface area contributed by atoms with Gasteiger partial charge in [-0.15, -0.1) is 0 Å². The number of aliphatic carboxylic acids is 1. The van der Waals surface area contributed by atoms with Crippen LogP contribution in [-0.2, 0) is 17.6 Å². The number of anilines is 1. The van der Waals surface area contributed by atoms with Crippen LogP contribution < -0.4 is 10.1 Å².